The minimum atomic E-state index is -3.60. The van der Waals surface area contributed by atoms with Crippen molar-refractivity contribution in [2.45, 2.75) is 57.8 Å². The standard InChI is InChI=1S/C25H32N4O4S/c1-5-15-29(16-6-2)34(31,32)22-13-11-21(12-14-22)24(30)26-25-28-27-23(33-25)17-19-7-9-20(10-8-19)18(3)4/h7-14,18H,5-6,15-17H2,1-4H3,(H,26,28,30). The molecule has 0 atom stereocenters. The predicted octanol–water partition coefficient (Wildman–Crippen LogP) is 4.85. The second-order valence-electron chi connectivity index (χ2n) is 8.46. The first-order chi connectivity index (χ1) is 16.2. The number of carbonyl (C=O) groups excluding carboxylic acids is 1. The van der Waals surface area contributed by atoms with Crippen molar-refractivity contribution in [3.05, 3.63) is 71.1 Å². The fraction of sp³-hybridized carbons (Fsp3) is 0.400. The molecule has 0 saturated carbocycles. The van der Waals surface area contributed by atoms with Gasteiger partial charge in [-0.2, -0.15) is 4.31 Å². The van der Waals surface area contributed by atoms with Crippen molar-refractivity contribution in [2.24, 2.45) is 0 Å². The van der Waals surface area contributed by atoms with Crippen molar-refractivity contribution in [3.8, 4) is 0 Å². The van der Waals surface area contributed by atoms with Gasteiger partial charge in [-0.05, 0) is 54.2 Å². The summed E-state index contributed by atoms with van der Waals surface area (Å²) < 4.78 is 32.8. The Labute approximate surface area is 201 Å². The minimum absolute atomic E-state index is 0.00688. The summed E-state index contributed by atoms with van der Waals surface area (Å²) >= 11 is 0. The number of anilines is 1. The molecule has 0 unspecified atom stereocenters. The molecular formula is C25H32N4O4S. The van der Waals surface area contributed by atoms with E-state index in [0.29, 0.717) is 36.9 Å². The Hall–Kier alpha value is -3.04. The summed E-state index contributed by atoms with van der Waals surface area (Å²) in [5.74, 6) is 0.389. The lowest BCUT2D eigenvalue weighted by Crippen LogP contribution is -2.32. The number of rotatable bonds is 11. The quantitative estimate of drug-likeness (QED) is 0.417. The van der Waals surface area contributed by atoms with E-state index >= 15 is 0 Å². The number of hydrogen-bond acceptors (Lipinski definition) is 6. The molecule has 1 N–H and O–H groups in total. The maximum absolute atomic E-state index is 12.9. The number of benzene rings is 2. The lowest BCUT2D eigenvalue weighted by atomic mass is 10.0. The van der Waals surface area contributed by atoms with Crippen LogP contribution in [-0.4, -0.2) is 41.9 Å². The molecule has 8 nitrogen and oxygen atoms in total. The highest BCUT2D eigenvalue weighted by Gasteiger charge is 2.23. The summed E-state index contributed by atoms with van der Waals surface area (Å²) in [7, 11) is -3.60. The van der Waals surface area contributed by atoms with Crippen LogP contribution in [0.3, 0.4) is 0 Å². The van der Waals surface area contributed by atoms with Crippen molar-refractivity contribution in [3.63, 3.8) is 0 Å². The Bertz CT molecular complexity index is 1180. The van der Waals surface area contributed by atoms with Gasteiger partial charge in [0, 0.05) is 18.7 Å². The second-order valence-corrected chi connectivity index (χ2v) is 10.4. The van der Waals surface area contributed by atoms with Crippen molar-refractivity contribution in [1.82, 2.24) is 14.5 Å². The Morgan fingerprint density at radius 2 is 1.59 bits per heavy atom. The van der Waals surface area contributed by atoms with Crippen LogP contribution in [0.2, 0.25) is 0 Å². The van der Waals surface area contributed by atoms with Crippen LogP contribution in [0, 0.1) is 0 Å². The van der Waals surface area contributed by atoms with E-state index < -0.39 is 15.9 Å². The molecule has 182 valence electrons. The van der Waals surface area contributed by atoms with Gasteiger partial charge in [-0.1, -0.05) is 57.1 Å². The topological polar surface area (TPSA) is 105 Å². The lowest BCUT2D eigenvalue weighted by molar-refractivity contribution is 0.102. The van der Waals surface area contributed by atoms with Gasteiger partial charge in [-0.15, -0.1) is 5.10 Å². The number of sulfonamides is 1. The highest BCUT2D eigenvalue weighted by atomic mass is 32.2. The van der Waals surface area contributed by atoms with Gasteiger partial charge < -0.3 is 4.42 Å². The van der Waals surface area contributed by atoms with Crippen LogP contribution in [0.5, 0.6) is 0 Å². The largest absolute Gasteiger partial charge is 0.407 e. The van der Waals surface area contributed by atoms with Gasteiger partial charge in [0.1, 0.15) is 0 Å². The Morgan fingerprint density at radius 3 is 2.15 bits per heavy atom. The molecule has 0 aliphatic rings. The van der Waals surface area contributed by atoms with Crippen LogP contribution < -0.4 is 5.32 Å². The maximum Gasteiger partial charge on any atom is 0.322 e. The van der Waals surface area contributed by atoms with E-state index in [2.05, 4.69) is 41.5 Å². The van der Waals surface area contributed by atoms with Crippen LogP contribution in [0.1, 0.15) is 73.8 Å². The van der Waals surface area contributed by atoms with Crippen molar-refractivity contribution in [1.29, 1.82) is 0 Å². The SMILES string of the molecule is CCCN(CCC)S(=O)(=O)c1ccc(C(=O)Nc2nnc(Cc3ccc(C(C)C)cc3)o2)cc1. The maximum atomic E-state index is 12.9. The molecule has 0 fully saturated rings. The Kier molecular flexibility index (Phi) is 8.57. The third-order valence-corrected chi connectivity index (χ3v) is 7.30. The van der Waals surface area contributed by atoms with E-state index in [0.717, 1.165) is 18.4 Å². The number of nitrogens with one attached hydrogen (secondary N) is 1. The molecule has 9 heteroatoms. The molecule has 0 saturated heterocycles. The van der Waals surface area contributed by atoms with Crippen molar-refractivity contribution < 1.29 is 17.6 Å². The fourth-order valence-corrected chi connectivity index (χ4v) is 5.14. The monoisotopic (exact) mass is 484 g/mol. The van der Waals surface area contributed by atoms with E-state index in [-0.39, 0.29) is 10.9 Å². The average Bonchev–Trinajstić information content (AvgIpc) is 3.25. The van der Waals surface area contributed by atoms with Gasteiger partial charge in [0.05, 0.1) is 11.3 Å². The van der Waals surface area contributed by atoms with Crippen LogP contribution in [0.15, 0.2) is 57.8 Å². The van der Waals surface area contributed by atoms with E-state index in [1.165, 1.54) is 34.1 Å². The average molecular weight is 485 g/mol. The van der Waals surface area contributed by atoms with Crippen LogP contribution in [0.25, 0.3) is 0 Å². The van der Waals surface area contributed by atoms with Gasteiger partial charge in [-0.3, -0.25) is 10.1 Å². The van der Waals surface area contributed by atoms with Gasteiger partial charge in [0.25, 0.3) is 5.91 Å². The summed E-state index contributed by atoms with van der Waals surface area (Å²) in [5.41, 5.74) is 2.58. The van der Waals surface area contributed by atoms with Crippen LogP contribution in [0.4, 0.5) is 6.01 Å². The third kappa shape index (κ3) is 6.30. The number of amides is 1. The fourth-order valence-electron chi connectivity index (χ4n) is 3.52. The predicted molar refractivity (Wildman–Crippen MR) is 131 cm³/mol. The zero-order valence-corrected chi connectivity index (χ0v) is 20.9. The summed E-state index contributed by atoms with van der Waals surface area (Å²) in [6.45, 7) is 9.08. The van der Waals surface area contributed by atoms with Crippen LogP contribution >= 0.6 is 0 Å². The Balaban J connectivity index is 1.64. The zero-order chi connectivity index (χ0) is 24.7. The van der Waals surface area contributed by atoms with E-state index in [1.54, 1.807) is 0 Å². The van der Waals surface area contributed by atoms with E-state index in [1.807, 2.05) is 26.0 Å². The molecule has 3 rings (SSSR count). The number of hydrogen-bond donors (Lipinski definition) is 1. The summed E-state index contributed by atoms with van der Waals surface area (Å²) in [5, 5.41) is 10.5. The van der Waals surface area contributed by atoms with Crippen molar-refractivity contribution in [2.75, 3.05) is 18.4 Å². The molecule has 1 heterocycles. The van der Waals surface area contributed by atoms with Gasteiger partial charge >= 0.3 is 6.01 Å². The summed E-state index contributed by atoms with van der Waals surface area (Å²) in [4.78, 5) is 12.7. The van der Waals surface area contributed by atoms with E-state index in [9.17, 15) is 13.2 Å². The molecule has 0 aliphatic heterocycles. The highest BCUT2D eigenvalue weighted by Crippen LogP contribution is 2.19. The normalized spacial score (nSPS) is 11.8. The molecule has 0 bridgehead atoms. The van der Waals surface area contributed by atoms with Gasteiger partial charge in [0.2, 0.25) is 15.9 Å². The first-order valence-corrected chi connectivity index (χ1v) is 13.0. The molecule has 34 heavy (non-hydrogen) atoms. The molecule has 1 amide bonds. The number of nitrogens with zero attached hydrogens (tertiary/aromatic N) is 3. The smallest absolute Gasteiger partial charge is 0.322 e. The van der Waals surface area contributed by atoms with Gasteiger partial charge in [-0.25, -0.2) is 8.42 Å². The zero-order valence-electron chi connectivity index (χ0n) is 20.1. The molecular weight excluding hydrogens is 452 g/mol. The molecule has 0 radical (unpaired) electrons. The van der Waals surface area contributed by atoms with E-state index in [4.69, 9.17) is 4.42 Å². The highest BCUT2D eigenvalue weighted by molar-refractivity contribution is 7.89. The molecule has 1 aromatic heterocycles. The first kappa shape index (κ1) is 25.6. The number of aromatic nitrogens is 2. The summed E-state index contributed by atoms with van der Waals surface area (Å²) in [6.07, 6.45) is 1.92. The third-order valence-electron chi connectivity index (χ3n) is 5.39. The summed E-state index contributed by atoms with van der Waals surface area (Å²) in [6, 6.07) is 14.0. The molecule has 0 spiro atoms. The van der Waals surface area contributed by atoms with Gasteiger partial charge in [0.15, 0.2) is 0 Å². The second kappa shape index (κ2) is 11.4. The first-order valence-electron chi connectivity index (χ1n) is 11.6. The Morgan fingerprint density at radius 1 is 0.971 bits per heavy atom. The lowest BCUT2D eigenvalue weighted by Gasteiger charge is -2.21. The molecule has 3 aromatic rings. The molecule has 0 aliphatic carbocycles. The van der Waals surface area contributed by atoms with Crippen LogP contribution in [-0.2, 0) is 16.4 Å². The minimum Gasteiger partial charge on any atom is -0.407 e. The molecule has 2 aromatic carbocycles. The van der Waals surface area contributed by atoms with Crippen molar-refractivity contribution >= 4 is 21.9 Å². The number of carbonyl (C=O) groups is 1.